The van der Waals surface area contributed by atoms with Crippen LogP contribution in [-0.2, 0) is 26.0 Å². The van der Waals surface area contributed by atoms with Gasteiger partial charge in [-0.1, -0.05) is 18.2 Å². The molecule has 2 aromatic carbocycles. The summed E-state index contributed by atoms with van der Waals surface area (Å²) in [5, 5.41) is 0. The van der Waals surface area contributed by atoms with E-state index in [9.17, 15) is 30.0 Å². The van der Waals surface area contributed by atoms with Crippen LogP contribution in [0, 0.1) is 0 Å². The Morgan fingerprint density at radius 2 is 1.47 bits per heavy atom. The standard InChI is InChI=1S/C19H21F3N2O4S2/c20-19(21,22)17-11-10-16(29(25,26)15-4-2-1-3-5-15)12-18(17)30(27,28)24-14-8-6-13(23)7-9-14/h1-5,10-14,24H,6-9,23H2/t13-,14-. The van der Waals surface area contributed by atoms with Crippen molar-refractivity contribution in [1.82, 2.24) is 4.72 Å². The predicted molar refractivity (Wildman–Crippen MR) is 104 cm³/mol. The first-order chi connectivity index (χ1) is 13.9. The van der Waals surface area contributed by atoms with Gasteiger partial charge < -0.3 is 5.73 Å². The monoisotopic (exact) mass is 462 g/mol. The van der Waals surface area contributed by atoms with E-state index >= 15 is 0 Å². The Bertz CT molecular complexity index is 1110. The van der Waals surface area contributed by atoms with Gasteiger partial charge in [0.25, 0.3) is 0 Å². The number of halogens is 3. The van der Waals surface area contributed by atoms with Gasteiger partial charge in [-0.25, -0.2) is 21.6 Å². The van der Waals surface area contributed by atoms with Crippen molar-refractivity contribution in [2.45, 2.75) is 58.6 Å². The predicted octanol–water partition coefficient (Wildman–Crippen LogP) is 3.09. The van der Waals surface area contributed by atoms with Gasteiger partial charge in [-0.2, -0.15) is 13.2 Å². The minimum Gasteiger partial charge on any atom is -0.328 e. The van der Waals surface area contributed by atoms with Crippen LogP contribution >= 0.6 is 0 Å². The largest absolute Gasteiger partial charge is 0.417 e. The molecule has 0 radical (unpaired) electrons. The fourth-order valence-corrected chi connectivity index (χ4v) is 6.32. The zero-order chi connectivity index (χ0) is 22.2. The number of rotatable bonds is 5. The normalized spacial score (nSPS) is 20.8. The molecule has 164 valence electrons. The Kier molecular flexibility index (Phi) is 6.28. The van der Waals surface area contributed by atoms with Crippen LogP contribution in [0.25, 0.3) is 0 Å². The molecule has 30 heavy (non-hydrogen) atoms. The zero-order valence-corrected chi connectivity index (χ0v) is 17.4. The number of hydrogen-bond acceptors (Lipinski definition) is 5. The highest BCUT2D eigenvalue weighted by Crippen LogP contribution is 2.36. The van der Waals surface area contributed by atoms with Crippen molar-refractivity contribution in [2.24, 2.45) is 5.73 Å². The molecule has 1 saturated carbocycles. The topological polar surface area (TPSA) is 106 Å². The van der Waals surface area contributed by atoms with E-state index in [1.165, 1.54) is 24.3 Å². The SMILES string of the molecule is N[C@H]1CC[C@H](NS(=O)(=O)c2cc(S(=O)(=O)c3ccccc3)ccc2C(F)(F)F)CC1. The number of sulfonamides is 1. The van der Waals surface area contributed by atoms with Gasteiger partial charge in [0.1, 0.15) is 0 Å². The molecule has 3 N–H and O–H groups in total. The van der Waals surface area contributed by atoms with E-state index in [0.29, 0.717) is 37.8 Å². The van der Waals surface area contributed by atoms with Crippen LogP contribution in [-0.4, -0.2) is 28.9 Å². The molecule has 0 aromatic heterocycles. The van der Waals surface area contributed by atoms with E-state index in [0.717, 1.165) is 6.07 Å². The molecule has 0 unspecified atom stereocenters. The number of nitrogens with one attached hydrogen (secondary N) is 1. The van der Waals surface area contributed by atoms with Gasteiger partial charge in [-0.15, -0.1) is 0 Å². The average Bonchev–Trinajstić information content (AvgIpc) is 2.69. The highest BCUT2D eigenvalue weighted by Gasteiger charge is 2.39. The third-order valence-electron chi connectivity index (χ3n) is 5.01. The summed E-state index contributed by atoms with van der Waals surface area (Å²) in [5.41, 5.74) is 4.36. The second-order valence-electron chi connectivity index (χ2n) is 7.21. The van der Waals surface area contributed by atoms with E-state index in [4.69, 9.17) is 5.73 Å². The molecule has 0 heterocycles. The summed E-state index contributed by atoms with van der Waals surface area (Å²) in [7, 11) is -8.83. The molecule has 0 aliphatic heterocycles. The fourth-order valence-electron chi connectivity index (χ4n) is 3.38. The molecule has 1 aliphatic rings. The van der Waals surface area contributed by atoms with E-state index in [1.807, 2.05) is 0 Å². The van der Waals surface area contributed by atoms with Crippen molar-refractivity contribution >= 4 is 19.9 Å². The Morgan fingerprint density at radius 1 is 0.867 bits per heavy atom. The average molecular weight is 463 g/mol. The molecular formula is C19H21F3N2O4S2. The number of alkyl halides is 3. The molecule has 0 atom stereocenters. The third-order valence-corrected chi connectivity index (χ3v) is 8.33. The lowest BCUT2D eigenvalue weighted by molar-refractivity contribution is -0.139. The van der Waals surface area contributed by atoms with Crippen LogP contribution in [0.4, 0.5) is 13.2 Å². The second-order valence-corrected chi connectivity index (χ2v) is 10.8. The van der Waals surface area contributed by atoms with Crippen LogP contribution in [0.15, 0.2) is 63.2 Å². The number of sulfone groups is 1. The Hall–Kier alpha value is -1.95. The fraction of sp³-hybridized carbons (Fsp3) is 0.368. The lowest BCUT2D eigenvalue weighted by atomic mass is 9.93. The van der Waals surface area contributed by atoms with Crippen LogP contribution in [0.5, 0.6) is 0 Å². The van der Waals surface area contributed by atoms with Crippen molar-refractivity contribution in [3.8, 4) is 0 Å². The van der Waals surface area contributed by atoms with Crippen LogP contribution in [0.1, 0.15) is 31.2 Å². The summed E-state index contributed by atoms with van der Waals surface area (Å²) in [6.45, 7) is 0. The summed E-state index contributed by atoms with van der Waals surface area (Å²) in [6.07, 6.45) is -3.11. The molecule has 1 aliphatic carbocycles. The zero-order valence-electron chi connectivity index (χ0n) is 15.8. The highest BCUT2D eigenvalue weighted by molar-refractivity contribution is 7.91. The second kappa shape index (κ2) is 8.29. The molecule has 3 rings (SSSR count). The van der Waals surface area contributed by atoms with Crippen molar-refractivity contribution in [3.63, 3.8) is 0 Å². The lowest BCUT2D eigenvalue weighted by Crippen LogP contribution is -2.41. The quantitative estimate of drug-likeness (QED) is 0.710. The number of nitrogens with two attached hydrogens (primary N) is 1. The Balaban J connectivity index is 2.06. The molecule has 1 fully saturated rings. The molecule has 0 amide bonds. The molecule has 2 aromatic rings. The van der Waals surface area contributed by atoms with Crippen LogP contribution in [0.2, 0.25) is 0 Å². The van der Waals surface area contributed by atoms with Crippen molar-refractivity contribution < 1.29 is 30.0 Å². The van der Waals surface area contributed by atoms with E-state index in [2.05, 4.69) is 4.72 Å². The van der Waals surface area contributed by atoms with Gasteiger partial charge in [0.05, 0.1) is 20.2 Å². The molecule has 0 saturated heterocycles. The number of benzene rings is 2. The molecule has 11 heteroatoms. The third kappa shape index (κ3) is 4.85. The Morgan fingerprint density at radius 3 is 2.03 bits per heavy atom. The summed E-state index contributed by atoms with van der Waals surface area (Å²) >= 11 is 0. The van der Waals surface area contributed by atoms with Gasteiger partial charge in [0.15, 0.2) is 0 Å². The minimum absolute atomic E-state index is 0.0733. The van der Waals surface area contributed by atoms with Crippen molar-refractivity contribution in [3.05, 3.63) is 54.1 Å². The van der Waals surface area contributed by atoms with Gasteiger partial charge >= 0.3 is 6.18 Å². The summed E-state index contributed by atoms with van der Waals surface area (Å²) in [6, 6.07) is 8.26. The first kappa shape index (κ1) is 22.7. The van der Waals surface area contributed by atoms with Gasteiger partial charge in [-0.05, 0) is 56.0 Å². The first-order valence-corrected chi connectivity index (χ1v) is 12.2. The van der Waals surface area contributed by atoms with E-state index in [-0.39, 0.29) is 10.9 Å². The highest BCUT2D eigenvalue weighted by atomic mass is 32.2. The van der Waals surface area contributed by atoms with Gasteiger partial charge in [-0.3, -0.25) is 0 Å². The summed E-state index contributed by atoms with van der Waals surface area (Å²) in [5.74, 6) is 0. The Labute approximate surface area is 173 Å². The molecular weight excluding hydrogens is 441 g/mol. The maximum absolute atomic E-state index is 13.5. The number of hydrogen-bond donors (Lipinski definition) is 2. The smallest absolute Gasteiger partial charge is 0.328 e. The molecule has 0 spiro atoms. The van der Waals surface area contributed by atoms with Crippen molar-refractivity contribution in [1.29, 1.82) is 0 Å². The van der Waals surface area contributed by atoms with Gasteiger partial charge in [0, 0.05) is 12.1 Å². The van der Waals surface area contributed by atoms with E-state index < -0.39 is 47.4 Å². The van der Waals surface area contributed by atoms with Crippen LogP contribution in [0.3, 0.4) is 0 Å². The summed E-state index contributed by atoms with van der Waals surface area (Å²) in [4.78, 5) is -1.79. The maximum atomic E-state index is 13.5. The lowest BCUT2D eigenvalue weighted by Gasteiger charge is -2.27. The van der Waals surface area contributed by atoms with Gasteiger partial charge in [0.2, 0.25) is 19.9 Å². The van der Waals surface area contributed by atoms with Crippen molar-refractivity contribution in [2.75, 3.05) is 0 Å². The summed E-state index contributed by atoms with van der Waals surface area (Å²) < 4.78 is 94.0. The van der Waals surface area contributed by atoms with Crippen LogP contribution < -0.4 is 10.5 Å². The first-order valence-electron chi connectivity index (χ1n) is 9.20. The molecule has 6 nitrogen and oxygen atoms in total. The minimum atomic E-state index is -4.98. The maximum Gasteiger partial charge on any atom is 0.417 e. The van der Waals surface area contributed by atoms with E-state index in [1.54, 1.807) is 6.07 Å². The molecule has 0 bridgehead atoms.